The van der Waals surface area contributed by atoms with Crippen LogP contribution in [0.1, 0.15) is 20.3 Å². The molecule has 0 bridgehead atoms. The van der Waals surface area contributed by atoms with Crippen molar-refractivity contribution in [3.8, 4) is 5.75 Å². The van der Waals surface area contributed by atoms with Gasteiger partial charge in [-0.3, -0.25) is 0 Å². The highest BCUT2D eigenvalue weighted by atomic mass is 79.9. The largest absolute Gasteiger partial charge is 0.491 e. The highest BCUT2D eigenvalue weighted by Crippen LogP contribution is 2.24. The van der Waals surface area contributed by atoms with Gasteiger partial charge in [-0.2, -0.15) is 0 Å². The summed E-state index contributed by atoms with van der Waals surface area (Å²) in [7, 11) is 0. The monoisotopic (exact) mass is 278 g/mol. The minimum atomic E-state index is 0.271. The Kier molecular flexibility index (Phi) is 3.49. The van der Waals surface area contributed by atoms with Gasteiger partial charge in [0, 0.05) is 4.47 Å². The highest BCUT2D eigenvalue weighted by Gasteiger charge is 2.02. The zero-order valence-electron chi connectivity index (χ0n) is 9.53. The van der Waals surface area contributed by atoms with Crippen molar-refractivity contribution in [1.29, 1.82) is 0 Å². The third-order valence-corrected chi connectivity index (χ3v) is 3.18. The molecule has 1 nitrogen and oxygen atoms in total. The van der Waals surface area contributed by atoms with Crippen LogP contribution in [0.5, 0.6) is 5.75 Å². The Morgan fingerprint density at radius 1 is 1.12 bits per heavy atom. The van der Waals surface area contributed by atoms with Crippen LogP contribution < -0.4 is 4.74 Å². The molecule has 2 aromatic rings. The summed E-state index contributed by atoms with van der Waals surface area (Å²) in [5, 5.41) is 2.44. The molecule has 2 heteroatoms. The molecule has 0 radical (unpaired) electrons. The van der Waals surface area contributed by atoms with Crippen LogP contribution in [-0.2, 0) is 0 Å². The summed E-state index contributed by atoms with van der Waals surface area (Å²) in [4.78, 5) is 0. The van der Waals surface area contributed by atoms with E-state index in [1.165, 1.54) is 10.8 Å². The summed E-state index contributed by atoms with van der Waals surface area (Å²) in [6.45, 7) is 4.22. The van der Waals surface area contributed by atoms with Crippen LogP contribution in [0.4, 0.5) is 0 Å². The number of benzene rings is 2. The third-order valence-electron chi connectivity index (χ3n) is 2.69. The van der Waals surface area contributed by atoms with E-state index in [4.69, 9.17) is 4.74 Å². The molecular formula is C14H15BrO. The molecule has 16 heavy (non-hydrogen) atoms. The summed E-state index contributed by atoms with van der Waals surface area (Å²) in [6, 6.07) is 12.5. The summed E-state index contributed by atoms with van der Waals surface area (Å²) in [5.74, 6) is 0.948. The van der Waals surface area contributed by atoms with Crippen molar-refractivity contribution in [2.45, 2.75) is 26.4 Å². The number of hydrogen-bond donors (Lipinski definition) is 0. The van der Waals surface area contributed by atoms with Gasteiger partial charge in [-0.15, -0.1) is 0 Å². The van der Waals surface area contributed by atoms with Crippen molar-refractivity contribution in [2.75, 3.05) is 0 Å². The third kappa shape index (κ3) is 2.56. The first-order valence-electron chi connectivity index (χ1n) is 5.55. The average molecular weight is 279 g/mol. The SMILES string of the molecule is CCC(C)Oc1ccc2cc(Br)ccc2c1. The molecule has 2 aromatic carbocycles. The Morgan fingerprint density at radius 3 is 2.56 bits per heavy atom. The average Bonchev–Trinajstić information content (AvgIpc) is 2.29. The van der Waals surface area contributed by atoms with Crippen LogP contribution in [0.15, 0.2) is 40.9 Å². The van der Waals surface area contributed by atoms with Crippen molar-refractivity contribution in [3.05, 3.63) is 40.9 Å². The quantitative estimate of drug-likeness (QED) is 0.785. The molecule has 1 atom stereocenters. The second kappa shape index (κ2) is 4.88. The molecule has 84 valence electrons. The highest BCUT2D eigenvalue weighted by molar-refractivity contribution is 9.10. The Labute approximate surface area is 105 Å². The van der Waals surface area contributed by atoms with Crippen LogP contribution in [0.2, 0.25) is 0 Å². The first-order valence-corrected chi connectivity index (χ1v) is 6.34. The fourth-order valence-corrected chi connectivity index (χ4v) is 1.96. The van der Waals surface area contributed by atoms with Crippen molar-refractivity contribution in [2.24, 2.45) is 0 Å². The van der Waals surface area contributed by atoms with E-state index in [2.05, 4.69) is 60.1 Å². The number of ether oxygens (including phenoxy) is 1. The van der Waals surface area contributed by atoms with Gasteiger partial charge in [-0.05, 0) is 48.4 Å². The van der Waals surface area contributed by atoms with Gasteiger partial charge in [0.15, 0.2) is 0 Å². The summed E-state index contributed by atoms with van der Waals surface area (Å²) in [6.07, 6.45) is 1.30. The van der Waals surface area contributed by atoms with E-state index < -0.39 is 0 Å². The molecule has 0 N–H and O–H groups in total. The first-order chi connectivity index (χ1) is 7.69. The lowest BCUT2D eigenvalue weighted by Crippen LogP contribution is -2.09. The van der Waals surface area contributed by atoms with Gasteiger partial charge in [0.1, 0.15) is 5.75 Å². The van der Waals surface area contributed by atoms with E-state index >= 15 is 0 Å². The topological polar surface area (TPSA) is 9.23 Å². The Hall–Kier alpha value is -1.02. The van der Waals surface area contributed by atoms with Gasteiger partial charge in [0.05, 0.1) is 6.10 Å². The summed E-state index contributed by atoms with van der Waals surface area (Å²) < 4.78 is 6.90. The molecule has 0 aliphatic carbocycles. The number of hydrogen-bond acceptors (Lipinski definition) is 1. The molecule has 0 amide bonds. The van der Waals surface area contributed by atoms with Crippen molar-refractivity contribution >= 4 is 26.7 Å². The first kappa shape index (κ1) is 11.5. The minimum absolute atomic E-state index is 0.271. The molecule has 0 saturated heterocycles. The van der Waals surface area contributed by atoms with E-state index in [1.54, 1.807) is 0 Å². The van der Waals surface area contributed by atoms with Crippen LogP contribution in [-0.4, -0.2) is 6.10 Å². The van der Waals surface area contributed by atoms with E-state index in [0.717, 1.165) is 16.6 Å². The Morgan fingerprint density at radius 2 is 1.81 bits per heavy atom. The molecule has 2 rings (SSSR count). The molecule has 0 aliphatic heterocycles. The summed E-state index contributed by atoms with van der Waals surface area (Å²) in [5.41, 5.74) is 0. The van der Waals surface area contributed by atoms with E-state index in [1.807, 2.05) is 6.07 Å². The second-order valence-electron chi connectivity index (χ2n) is 3.99. The van der Waals surface area contributed by atoms with E-state index in [9.17, 15) is 0 Å². The maximum Gasteiger partial charge on any atom is 0.120 e. The number of rotatable bonds is 3. The molecule has 0 saturated carbocycles. The molecule has 0 aromatic heterocycles. The van der Waals surface area contributed by atoms with Crippen molar-refractivity contribution < 1.29 is 4.74 Å². The maximum atomic E-state index is 5.79. The molecule has 1 unspecified atom stereocenters. The van der Waals surface area contributed by atoms with Gasteiger partial charge in [-0.1, -0.05) is 35.0 Å². The van der Waals surface area contributed by atoms with Crippen LogP contribution in [0.3, 0.4) is 0 Å². The zero-order valence-corrected chi connectivity index (χ0v) is 11.1. The van der Waals surface area contributed by atoms with Gasteiger partial charge < -0.3 is 4.74 Å². The van der Waals surface area contributed by atoms with E-state index in [-0.39, 0.29) is 6.10 Å². The van der Waals surface area contributed by atoms with Crippen LogP contribution in [0.25, 0.3) is 10.8 Å². The summed E-state index contributed by atoms with van der Waals surface area (Å²) >= 11 is 3.47. The molecule has 0 heterocycles. The lowest BCUT2D eigenvalue weighted by molar-refractivity contribution is 0.218. The van der Waals surface area contributed by atoms with Gasteiger partial charge in [0.25, 0.3) is 0 Å². The predicted molar refractivity (Wildman–Crippen MR) is 72.0 cm³/mol. The maximum absolute atomic E-state index is 5.79. The zero-order chi connectivity index (χ0) is 11.5. The normalized spacial score (nSPS) is 12.7. The Bertz CT molecular complexity index is 493. The van der Waals surface area contributed by atoms with Gasteiger partial charge in [-0.25, -0.2) is 0 Å². The van der Waals surface area contributed by atoms with Gasteiger partial charge >= 0.3 is 0 Å². The lowest BCUT2D eigenvalue weighted by Gasteiger charge is -2.13. The fourth-order valence-electron chi connectivity index (χ4n) is 1.58. The minimum Gasteiger partial charge on any atom is -0.491 e. The smallest absolute Gasteiger partial charge is 0.120 e. The number of halogens is 1. The lowest BCUT2D eigenvalue weighted by atomic mass is 10.1. The fraction of sp³-hybridized carbons (Fsp3) is 0.286. The molecule has 0 spiro atoms. The standard InChI is InChI=1S/C14H15BrO/c1-3-10(2)16-14-7-5-11-8-13(15)6-4-12(11)9-14/h4-10H,3H2,1-2H3. The predicted octanol–water partition coefficient (Wildman–Crippen LogP) is 4.78. The second-order valence-corrected chi connectivity index (χ2v) is 4.91. The molecule has 0 fully saturated rings. The number of fused-ring (bicyclic) bond motifs is 1. The Balaban J connectivity index is 2.33. The van der Waals surface area contributed by atoms with E-state index in [0.29, 0.717) is 0 Å². The molecular weight excluding hydrogens is 264 g/mol. The van der Waals surface area contributed by atoms with Crippen LogP contribution >= 0.6 is 15.9 Å². The van der Waals surface area contributed by atoms with Crippen LogP contribution in [0, 0.1) is 0 Å². The molecule has 0 aliphatic rings. The van der Waals surface area contributed by atoms with Crippen molar-refractivity contribution in [3.63, 3.8) is 0 Å². The van der Waals surface area contributed by atoms with Crippen molar-refractivity contribution in [1.82, 2.24) is 0 Å². The van der Waals surface area contributed by atoms with Gasteiger partial charge in [0.2, 0.25) is 0 Å².